The fourth-order valence-corrected chi connectivity index (χ4v) is 4.37. The first-order chi connectivity index (χ1) is 15.4. The summed E-state index contributed by atoms with van der Waals surface area (Å²) in [7, 11) is 1.30. The molecule has 0 radical (unpaired) electrons. The third kappa shape index (κ3) is 4.20. The summed E-state index contributed by atoms with van der Waals surface area (Å²) >= 11 is 3.35. The lowest BCUT2D eigenvalue weighted by molar-refractivity contribution is -0.140. The van der Waals surface area contributed by atoms with Gasteiger partial charge in [-0.15, -0.1) is 0 Å². The Labute approximate surface area is 193 Å². The number of nitrogens with zero attached hydrogens (tertiary/aromatic N) is 1. The number of esters is 1. The molecule has 1 N–H and O–H groups in total. The molecule has 2 aliphatic rings. The molecular formula is C24H22BrNO6. The number of aliphatic hydroxyl groups is 1. The first kappa shape index (κ1) is 22.2. The number of likely N-dealkylation sites (tertiary alicyclic amines) is 1. The molecule has 2 fully saturated rings. The van der Waals surface area contributed by atoms with Gasteiger partial charge in [-0.2, -0.15) is 0 Å². The Balaban J connectivity index is 1.80. The molecule has 1 amide bonds. The molecule has 166 valence electrons. The van der Waals surface area contributed by atoms with Gasteiger partial charge in [0.15, 0.2) is 0 Å². The van der Waals surface area contributed by atoms with Gasteiger partial charge in [-0.1, -0.05) is 40.2 Å². The minimum atomic E-state index is -0.797. The van der Waals surface area contributed by atoms with E-state index < -0.39 is 23.7 Å². The first-order valence-electron chi connectivity index (χ1n) is 10.2. The molecule has 0 bridgehead atoms. The molecule has 8 heteroatoms. The molecule has 0 spiro atoms. The topological polar surface area (TPSA) is 93.1 Å². The van der Waals surface area contributed by atoms with Gasteiger partial charge in [-0.05, 0) is 42.7 Å². The number of ether oxygens (including phenoxy) is 2. The van der Waals surface area contributed by atoms with E-state index in [-0.39, 0.29) is 24.0 Å². The molecule has 0 aliphatic carbocycles. The molecule has 2 aliphatic heterocycles. The highest BCUT2D eigenvalue weighted by atomic mass is 79.9. The van der Waals surface area contributed by atoms with Crippen LogP contribution in [0.5, 0.6) is 0 Å². The second kappa shape index (κ2) is 9.26. The van der Waals surface area contributed by atoms with E-state index in [0.717, 1.165) is 17.3 Å². The summed E-state index contributed by atoms with van der Waals surface area (Å²) in [6.07, 6.45) is 1.52. The third-order valence-electron chi connectivity index (χ3n) is 5.73. The Morgan fingerprint density at radius 1 is 1.12 bits per heavy atom. The van der Waals surface area contributed by atoms with Crippen LogP contribution in [0.1, 0.15) is 40.4 Å². The average molecular weight is 500 g/mol. The van der Waals surface area contributed by atoms with E-state index in [1.807, 2.05) is 0 Å². The number of aliphatic hydroxyl groups excluding tert-OH is 1. The van der Waals surface area contributed by atoms with Crippen molar-refractivity contribution in [3.63, 3.8) is 0 Å². The number of ketones is 1. The summed E-state index contributed by atoms with van der Waals surface area (Å²) in [5.41, 5.74) is 1.40. The molecule has 32 heavy (non-hydrogen) atoms. The lowest BCUT2D eigenvalue weighted by Gasteiger charge is -2.27. The van der Waals surface area contributed by atoms with Crippen molar-refractivity contribution < 1.29 is 29.0 Å². The van der Waals surface area contributed by atoms with Crippen molar-refractivity contribution in [1.82, 2.24) is 4.90 Å². The Hall–Kier alpha value is -2.97. The predicted molar refractivity (Wildman–Crippen MR) is 120 cm³/mol. The fourth-order valence-electron chi connectivity index (χ4n) is 4.11. The van der Waals surface area contributed by atoms with Crippen LogP contribution in [0.25, 0.3) is 5.76 Å². The maximum Gasteiger partial charge on any atom is 0.337 e. The molecule has 4 rings (SSSR count). The predicted octanol–water partition coefficient (Wildman–Crippen LogP) is 3.84. The van der Waals surface area contributed by atoms with Crippen LogP contribution in [0.4, 0.5) is 0 Å². The highest BCUT2D eigenvalue weighted by molar-refractivity contribution is 9.10. The number of carbonyl (C=O) groups is 3. The SMILES string of the molecule is COC(=O)c1ccc([C@H]2C(=C(O)c3ccc(Br)cc3)C(=O)C(=O)N2C[C@@H]2CCCO2)cc1. The van der Waals surface area contributed by atoms with Crippen LogP contribution in [0.15, 0.2) is 58.6 Å². The summed E-state index contributed by atoms with van der Waals surface area (Å²) in [4.78, 5) is 39.3. The summed E-state index contributed by atoms with van der Waals surface area (Å²) < 4.78 is 11.3. The van der Waals surface area contributed by atoms with Crippen molar-refractivity contribution in [3.05, 3.63) is 75.3 Å². The summed E-state index contributed by atoms with van der Waals surface area (Å²) in [5, 5.41) is 11.0. The molecule has 7 nitrogen and oxygen atoms in total. The van der Waals surface area contributed by atoms with Gasteiger partial charge in [0.05, 0.1) is 30.4 Å². The fraction of sp³-hybridized carbons (Fsp3) is 0.292. The molecule has 0 saturated carbocycles. The molecule has 2 heterocycles. The molecule has 0 aromatic heterocycles. The summed E-state index contributed by atoms with van der Waals surface area (Å²) in [6.45, 7) is 0.858. The first-order valence-corrected chi connectivity index (χ1v) is 11.0. The molecule has 2 atom stereocenters. The summed E-state index contributed by atoms with van der Waals surface area (Å²) in [5.74, 6) is -2.15. The summed E-state index contributed by atoms with van der Waals surface area (Å²) in [6, 6.07) is 12.5. The van der Waals surface area contributed by atoms with E-state index in [1.54, 1.807) is 48.5 Å². The van der Waals surface area contributed by atoms with Crippen LogP contribution in [0.2, 0.25) is 0 Å². The zero-order valence-electron chi connectivity index (χ0n) is 17.4. The Bertz CT molecular complexity index is 1070. The number of carbonyl (C=O) groups excluding carboxylic acids is 3. The smallest absolute Gasteiger partial charge is 0.337 e. The minimum absolute atomic E-state index is 0.0149. The second-order valence-electron chi connectivity index (χ2n) is 7.71. The van der Waals surface area contributed by atoms with Gasteiger partial charge in [0, 0.05) is 23.2 Å². The van der Waals surface area contributed by atoms with Crippen molar-refractivity contribution in [1.29, 1.82) is 0 Å². The monoisotopic (exact) mass is 499 g/mol. The van der Waals surface area contributed by atoms with Crippen molar-refractivity contribution in [2.75, 3.05) is 20.3 Å². The van der Waals surface area contributed by atoms with Gasteiger partial charge < -0.3 is 19.5 Å². The van der Waals surface area contributed by atoms with E-state index >= 15 is 0 Å². The number of methoxy groups -OCH3 is 1. The molecule has 2 aromatic carbocycles. The number of halogens is 1. The zero-order valence-corrected chi connectivity index (χ0v) is 19.0. The van der Waals surface area contributed by atoms with Crippen molar-refractivity contribution in [2.24, 2.45) is 0 Å². The van der Waals surface area contributed by atoms with Crippen LogP contribution in [0.3, 0.4) is 0 Å². The maximum absolute atomic E-state index is 13.0. The van der Waals surface area contributed by atoms with Gasteiger partial charge in [-0.3, -0.25) is 9.59 Å². The number of hydrogen-bond acceptors (Lipinski definition) is 6. The van der Waals surface area contributed by atoms with Gasteiger partial charge in [0.1, 0.15) is 5.76 Å². The van der Waals surface area contributed by atoms with Gasteiger partial charge in [-0.25, -0.2) is 4.79 Å². The standard InChI is InChI=1S/C24H22BrNO6/c1-31-24(30)16-6-4-14(5-7-16)20-19(21(27)15-8-10-17(25)11-9-15)22(28)23(29)26(20)13-18-3-2-12-32-18/h4-11,18,20,27H,2-3,12-13H2,1H3/t18-,20-/m0/s1. The van der Waals surface area contributed by atoms with E-state index in [0.29, 0.717) is 23.3 Å². The van der Waals surface area contributed by atoms with E-state index in [9.17, 15) is 19.5 Å². The van der Waals surface area contributed by atoms with E-state index in [1.165, 1.54) is 12.0 Å². The largest absolute Gasteiger partial charge is 0.507 e. The third-order valence-corrected chi connectivity index (χ3v) is 6.26. The van der Waals surface area contributed by atoms with Crippen LogP contribution in [-0.2, 0) is 19.1 Å². The number of hydrogen-bond donors (Lipinski definition) is 1. The number of amides is 1. The molecule has 2 saturated heterocycles. The zero-order chi connectivity index (χ0) is 22.8. The number of rotatable bonds is 5. The normalized spacial score (nSPS) is 22.4. The highest BCUT2D eigenvalue weighted by Gasteiger charge is 2.47. The van der Waals surface area contributed by atoms with Crippen molar-refractivity contribution in [3.8, 4) is 0 Å². The van der Waals surface area contributed by atoms with Crippen LogP contribution in [0, 0.1) is 0 Å². The molecule has 0 unspecified atom stereocenters. The number of Topliss-reactive ketones (excluding diaryl/α,β-unsaturated/α-hetero) is 1. The average Bonchev–Trinajstić information content (AvgIpc) is 3.41. The van der Waals surface area contributed by atoms with Crippen LogP contribution < -0.4 is 0 Å². The Kier molecular flexibility index (Phi) is 6.43. The van der Waals surface area contributed by atoms with Crippen molar-refractivity contribution in [2.45, 2.75) is 25.0 Å². The van der Waals surface area contributed by atoms with Gasteiger partial charge >= 0.3 is 5.97 Å². The lowest BCUT2D eigenvalue weighted by atomic mass is 9.94. The van der Waals surface area contributed by atoms with Crippen LogP contribution in [-0.4, -0.2) is 54.0 Å². The highest BCUT2D eigenvalue weighted by Crippen LogP contribution is 2.40. The second-order valence-corrected chi connectivity index (χ2v) is 8.62. The maximum atomic E-state index is 13.0. The van der Waals surface area contributed by atoms with Gasteiger partial charge in [0.25, 0.3) is 11.7 Å². The van der Waals surface area contributed by atoms with Crippen molar-refractivity contribution >= 4 is 39.3 Å². The minimum Gasteiger partial charge on any atom is -0.507 e. The molecular weight excluding hydrogens is 478 g/mol. The Morgan fingerprint density at radius 3 is 2.38 bits per heavy atom. The van der Waals surface area contributed by atoms with E-state index in [2.05, 4.69) is 15.9 Å². The van der Waals surface area contributed by atoms with E-state index in [4.69, 9.17) is 9.47 Å². The molecule has 2 aromatic rings. The quantitative estimate of drug-likeness (QED) is 0.290. The number of benzene rings is 2. The lowest BCUT2D eigenvalue weighted by Crippen LogP contribution is -2.36. The van der Waals surface area contributed by atoms with Crippen LogP contribution >= 0.6 is 15.9 Å². The van der Waals surface area contributed by atoms with Gasteiger partial charge in [0.2, 0.25) is 0 Å². The Morgan fingerprint density at radius 2 is 1.78 bits per heavy atom.